The standard InChI is InChI=1S/C22H18N2O4S/c1-3-24(22-23-17(13-29-22)14-8-5-4-6-9-14)20(25)16-12-15-10-7-11-18(27-2)19(15)28-21(16)26/h4-13H,3H2,1-2H3. The van der Waals surface area contributed by atoms with E-state index in [4.69, 9.17) is 9.15 Å². The summed E-state index contributed by atoms with van der Waals surface area (Å²) in [5, 5.41) is 3.04. The number of amides is 1. The average Bonchev–Trinajstić information content (AvgIpc) is 3.23. The van der Waals surface area contributed by atoms with Gasteiger partial charge in [0.2, 0.25) is 0 Å². The number of fused-ring (bicyclic) bond motifs is 1. The maximum Gasteiger partial charge on any atom is 0.349 e. The molecule has 0 spiro atoms. The number of rotatable bonds is 5. The van der Waals surface area contributed by atoms with Crippen LogP contribution in [-0.2, 0) is 0 Å². The zero-order chi connectivity index (χ0) is 20.4. The maximum absolute atomic E-state index is 13.1. The Morgan fingerprint density at radius 2 is 1.97 bits per heavy atom. The number of para-hydroxylation sites is 1. The van der Waals surface area contributed by atoms with Crippen molar-refractivity contribution in [1.82, 2.24) is 4.98 Å². The van der Waals surface area contributed by atoms with Crippen LogP contribution < -0.4 is 15.3 Å². The minimum Gasteiger partial charge on any atom is -0.493 e. The number of ether oxygens (including phenoxy) is 1. The molecule has 0 atom stereocenters. The summed E-state index contributed by atoms with van der Waals surface area (Å²) in [5.41, 5.74) is 1.33. The van der Waals surface area contributed by atoms with Crippen LogP contribution >= 0.6 is 11.3 Å². The zero-order valence-corrected chi connectivity index (χ0v) is 16.7. The zero-order valence-electron chi connectivity index (χ0n) is 15.9. The molecule has 0 bridgehead atoms. The van der Waals surface area contributed by atoms with E-state index in [0.29, 0.717) is 28.4 Å². The predicted octanol–water partition coefficient (Wildman–Crippen LogP) is 4.59. The first kappa shape index (κ1) is 18.9. The predicted molar refractivity (Wildman–Crippen MR) is 114 cm³/mol. The van der Waals surface area contributed by atoms with Gasteiger partial charge in [0, 0.05) is 22.9 Å². The van der Waals surface area contributed by atoms with Gasteiger partial charge in [0.05, 0.1) is 12.8 Å². The number of carbonyl (C=O) groups excluding carboxylic acids is 1. The maximum atomic E-state index is 13.1. The van der Waals surface area contributed by atoms with Gasteiger partial charge >= 0.3 is 5.63 Å². The molecule has 4 aromatic rings. The number of hydrogen-bond donors (Lipinski definition) is 0. The highest BCUT2D eigenvalue weighted by Gasteiger charge is 2.24. The van der Waals surface area contributed by atoms with Gasteiger partial charge in [-0.25, -0.2) is 9.78 Å². The van der Waals surface area contributed by atoms with Crippen LogP contribution in [0.15, 0.2) is 69.2 Å². The first-order chi connectivity index (χ1) is 14.1. The molecule has 2 aromatic carbocycles. The average molecular weight is 406 g/mol. The van der Waals surface area contributed by atoms with E-state index >= 15 is 0 Å². The van der Waals surface area contributed by atoms with Gasteiger partial charge in [0.1, 0.15) is 5.56 Å². The van der Waals surface area contributed by atoms with Crippen molar-refractivity contribution in [2.24, 2.45) is 0 Å². The highest BCUT2D eigenvalue weighted by molar-refractivity contribution is 7.14. The summed E-state index contributed by atoms with van der Waals surface area (Å²) in [6, 6.07) is 16.5. The molecule has 146 valence electrons. The third-order valence-electron chi connectivity index (χ3n) is 4.53. The van der Waals surface area contributed by atoms with E-state index in [1.54, 1.807) is 24.3 Å². The fourth-order valence-electron chi connectivity index (χ4n) is 3.07. The van der Waals surface area contributed by atoms with Gasteiger partial charge in [-0.3, -0.25) is 9.69 Å². The largest absolute Gasteiger partial charge is 0.493 e. The van der Waals surface area contributed by atoms with E-state index in [9.17, 15) is 9.59 Å². The number of methoxy groups -OCH3 is 1. The van der Waals surface area contributed by atoms with Crippen molar-refractivity contribution >= 4 is 33.3 Å². The SMILES string of the molecule is CCN(C(=O)c1cc2cccc(OC)c2oc1=O)c1nc(-c2ccccc2)cs1. The van der Waals surface area contributed by atoms with Crippen LogP contribution in [0.1, 0.15) is 17.3 Å². The number of carbonyl (C=O) groups is 1. The Morgan fingerprint density at radius 3 is 2.69 bits per heavy atom. The second kappa shape index (κ2) is 7.89. The molecule has 0 saturated heterocycles. The van der Waals surface area contributed by atoms with Crippen molar-refractivity contribution < 1.29 is 13.9 Å². The summed E-state index contributed by atoms with van der Waals surface area (Å²) < 4.78 is 10.6. The lowest BCUT2D eigenvalue weighted by molar-refractivity contribution is 0.0985. The van der Waals surface area contributed by atoms with Gasteiger partial charge in [-0.1, -0.05) is 42.5 Å². The Bertz CT molecular complexity index is 1230. The number of thiazole rings is 1. The van der Waals surface area contributed by atoms with Crippen LogP contribution in [0.3, 0.4) is 0 Å². The Balaban J connectivity index is 1.72. The Hall–Kier alpha value is -3.45. The van der Waals surface area contributed by atoms with Gasteiger partial charge in [0.25, 0.3) is 5.91 Å². The second-order valence-corrected chi connectivity index (χ2v) is 7.09. The third-order valence-corrected chi connectivity index (χ3v) is 5.39. The van der Waals surface area contributed by atoms with Gasteiger partial charge in [-0.15, -0.1) is 11.3 Å². The third kappa shape index (κ3) is 3.52. The minimum atomic E-state index is -0.703. The summed E-state index contributed by atoms with van der Waals surface area (Å²) in [6.45, 7) is 2.21. The Morgan fingerprint density at radius 1 is 1.17 bits per heavy atom. The number of aromatic nitrogens is 1. The minimum absolute atomic E-state index is 0.0379. The molecule has 0 fully saturated rings. The van der Waals surface area contributed by atoms with E-state index < -0.39 is 11.5 Å². The Kier molecular flexibility index (Phi) is 5.14. The highest BCUT2D eigenvalue weighted by Crippen LogP contribution is 2.29. The van der Waals surface area contributed by atoms with E-state index in [-0.39, 0.29) is 5.56 Å². The fraction of sp³-hybridized carbons (Fsp3) is 0.136. The Labute approximate surface area is 171 Å². The van der Waals surface area contributed by atoms with E-state index in [1.165, 1.54) is 23.3 Å². The van der Waals surface area contributed by atoms with Crippen LogP contribution in [0.25, 0.3) is 22.2 Å². The fourth-order valence-corrected chi connectivity index (χ4v) is 3.96. The van der Waals surface area contributed by atoms with Gasteiger partial charge in [-0.05, 0) is 19.1 Å². The van der Waals surface area contributed by atoms with Crippen LogP contribution in [0.4, 0.5) is 5.13 Å². The smallest absolute Gasteiger partial charge is 0.349 e. The van der Waals surface area contributed by atoms with E-state index in [1.807, 2.05) is 42.6 Å². The molecule has 2 aromatic heterocycles. The van der Waals surface area contributed by atoms with Crippen molar-refractivity contribution in [2.45, 2.75) is 6.92 Å². The summed E-state index contributed by atoms with van der Waals surface area (Å²) in [7, 11) is 1.50. The van der Waals surface area contributed by atoms with Gasteiger partial charge < -0.3 is 9.15 Å². The monoisotopic (exact) mass is 406 g/mol. The molecule has 0 saturated carbocycles. The molecule has 29 heavy (non-hydrogen) atoms. The van der Waals surface area contributed by atoms with Gasteiger partial charge in [0.15, 0.2) is 16.5 Å². The molecule has 1 amide bonds. The molecule has 0 aliphatic heterocycles. The molecule has 7 heteroatoms. The van der Waals surface area contributed by atoms with Crippen LogP contribution in [0, 0.1) is 0 Å². The van der Waals surface area contributed by atoms with Crippen molar-refractivity contribution in [1.29, 1.82) is 0 Å². The van der Waals surface area contributed by atoms with E-state index in [2.05, 4.69) is 4.98 Å². The van der Waals surface area contributed by atoms with Crippen molar-refractivity contribution in [3.63, 3.8) is 0 Å². The molecule has 4 rings (SSSR count). The summed E-state index contributed by atoms with van der Waals surface area (Å²) in [4.78, 5) is 31.7. The topological polar surface area (TPSA) is 72.6 Å². The second-order valence-electron chi connectivity index (χ2n) is 6.26. The molecule has 0 unspecified atom stereocenters. The number of benzene rings is 2. The molecule has 0 N–H and O–H groups in total. The van der Waals surface area contributed by atoms with Gasteiger partial charge in [-0.2, -0.15) is 0 Å². The van der Waals surface area contributed by atoms with Crippen LogP contribution in [-0.4, -0.2) is 24.5 Å². The molecular weight excluding hydrogens is 388 g/mol. The number of hydrogen-bond acceptors (Lipinski definition) is 6. The van der Waals surface area contributed by atoms with E-state index in [0.717, 1.165) is 11.3 Å². The quantitative estimate of drug-likeness (QED) is 0.453. The number of anilines is 1. The lowest BCUT2D eigenvalue weighted by atomic mass is 10.1. The lowest BCUT2D eigenvalue weighted by Crippen LogP contribution is -2.33. The molecule has 2 heterocycles. The van der Waals surface area contributed by atoms with Crippen molar-refractivity contribution in [2.75, 3.05) is 18.6 Å². The van der Waals surface area contributed by atoms with Crippen molar-refractivity contribution in [3.05, 3.63) is 76.0 Å². The molecule has 0 aliphatic carbocycles. The normalized spacial score (nSPS) is 10.8. The molecular formula is C22H18N2O4S. The van der Waals surface area contributed by atoms with Crippen LogP contribution in [0.2, 0.25) is 0 Å². The highest BCUT2D eigenvalue weighted by atomic mass is 32.1. The van der Waals surface area contributed by atoms with Crippen molar-refractivity contribution in [3.8, 4) is 17.0 Å². The summed E-state index contributed by atoms with van der Waals surface area (Å²) >= 11 is 1.36. The molecule has 0 radical (unpaired) electrons. The number of nitrogens with zero attached hydrogens (tertiary/aromatic N) is 2. The summed E-state index contributed by atoms with van der Waals surface area (Å²) in [6.07, 6.45) is 0. The summed E-state index contributed by atoms with van der Waals surface area (Å²) in [5.74, 6) is -0.00157. The first-order valence-electron chi connectivity index (χ1n) is 9.06. The first-order valence-corrected chi connectivity index (χ1v) is 9.94. The van der Waals surface area contributed by atoms with Crippen LogP contribution in [0.5, 0.6) is 5.75 Å². The lowest BCUT2D eigenvalue weighted by Gasteiger charge is -2.17. The molecule has 6 nitrogen and oxygen atoms in total. The molecule has 0 aliphatic rings.